The molecule has 0 bridgehead atoms. The van der Waals surface area contributed by atoms with Gasteiger partial charge in [-0.05, 0) is 41.0 Å². The van der Waals surface area contributed by atoms with Gasteiger partial charge in [-0.3, -0.25) is 0 Å². The van der Waals surface area contributed by atoms with Gasteiger partial charge in [0.05, 0.1) is 11.7 Å². The molecule has 1 aromatic heterocycles. The predicted octanol–water partition coefficient (Wildman–Crippen LogP) is 3.92. The normalized spacial score (nSPS) is 13.4. The monoisotopic (exact) mass is 289 g/mol. The van der Waals surface area contributed by atoms with Crippen molar-refractivity contribution in [3.8, 4) is 0 Å². The average molecular weight is 289 g/mol. The molecule has 1 atom stereocenters. The van der Waals surface area contributed by atoms with Crippen LogP contribution < -0.4 is 5.32 Å². The van der Waals surface area contributed by atoms with Crippen molar-refractivity contribution in [3.05, 3.63) is 46.5 Å². The SMILES string of the molecule is CCCNC(c1ccc(C(C)(C)C)cc1)c1csnn1. The summed E-state index contributed by atoms with van der Waals surface area (Å²) in [6, 6.07) is 8.98. The fourth-order valence-electron chi connectivity index (χ4n) is 2.16. The van der Waals surface area contributed by atoms with Crippen LogP contribution in [-0.4, -0.2) is 16.1 Å². The summed E-state index contributed by atoms with van der Waals surface area (Å²) in [6.07, 6.45) is 1.11. The summed E-state index contributed by atoms with van der Waals surface area (Å²) < 4.78 is 3.99. The van der Waals surface area contributed by atoms with E-state index >= 15 is 0 Å². The van der Waals surface area contributed by atoms with Gasteiger partial charge in [0.2, 0.25) is 0 Å². The Kier molecular flexibility index (Phi) is 4.89. The Morgan fingerprint density at radius 1 is 1.20 bits per heavy atom. The number of nitrogens with one attached hydrogen (secondary N) is 1. The van der Waals surface area contributed by atoms with E-state index in [9.17, 15) is 0 Å². The summed E-state index contributed by atoms with van der Waals surface area (Å²) in [5.74, 6) is 0. The highest BCUT2D eigenvalue weighted by Gasteiger charge is 2.18. The Labute approximate surface area is 125 Å². The quantitative estimate of drug-likeness (QED) is 0.906. The minimum atomic E-state index is 0.141. The average Bonchev–Trinajstić information content (AvgIpc) is 2.93. The molecule has 108 valence electrons. The van der Waals surface area contributed by atoms with E-state index in [0.717, 1.165) is 18.7 Å². The van der Waals surface area contributed by atoms with Crippen LogP contribution in [0.5, 0.6) is 0 Å². The lowest BCUT2D eigenvalue weighted by Gasteiger charge is -2.21. The molecule has 0 aliphatic carbocycles. The highest BCUT2D eigenvalue weighted by molar-refractivity contribution is 7.03. The molecule has 3 nitrogen and oxygen atoms in total. The Hall–Kier alpha value is -1.26. The van der Waals surface area contributed by atoms with Gasteiger partial charge >= 0.3 is 0 Å². The van der Waals surface area contributed by atoms with Crippen molar-refractivity contribution in [2.24, 2.45) is 0 Å². The lowest BCUT2D eigenvalue weighted by molar-refractivity contribution is 0.578. The van der Waals surface area contributed by atoms with Crippen LogP contribution in [0.15, 0.2) is 29.6 Å². The molecule has 4 heteroatoms. The molecule has 0 saturated heterocycles. The minimum Gasteiger partial charge on any atom is -0.305 e. The Morgan fingerprint density at radius 2 is 1.90 bits per heavy atom. The third kappa shape index (κ3) is 3.64. The topological polar surface area (TPSA) is 37.8 Å². The number of hydrogen-bond donors (Lipinski definition) is 1. The highest BCUT2D eigenvalue weighted by Crippen LogP contribution is 2.26. The van der Waals surface area contributed by atoms with Crippen LogP contribution >= 0.6 is 11.5 Å². The van der Waals surface area contributed by atoms with Crippen LogP contribution in [0.4, 0.5) is 0 Å². The van der Waals surface area contributed by atoms with Crippen LogP contribution in [-0.2, 0) is 5.41 Å². The smallest absolute Gasteiger partial charge is 0.0970 e. The van der Waals surface area contributed by atoms with Crippen LogP contribution in [0.1, 0.15) is 57.0 Å². The van der Waals surface area contributed by atoms with E-state index in [2.05, 4.69) is 66.9 Å². The molecule has 2 aromatic rings. The fraction of sp³-hybridized carbons (Fsp3) is 0.500. The van der Waals surface area contributed by atoms with E-state index in [-0.39, 0.29) is 11.5 Å². The van der Waals surface area contributed by atoms with Gasteiger partial charge in [0.1, 0.15) is 0 Å². The molecule has 1 unspecified atom stereocenters. The van der Waals surface area contributed by atoms with Crippen LogP contribution in [0.3, 0.4) is 0 Å². The Morgan fingerprint density at radius 3 is 2.40 bits per heavy atom. The summed E-state index contributed by atoms with van der Waals surface area (Å²) in [5, 5.41) is 9.79. The van der Waals surface area contributed by atoms with Gasteiger partial charge < -0.3 is 5.32 Å². The molecule has 1 N–H and O–H groups in total. The molecule has 0 aliphatic heterocycles. The molecule has 2 rings (SSSR count). The second kappa shape index (κ2) is 6.46. The van der Waals surface area contributed by atoms with Gasteiger partial charge in [0.15, 0.2) is 0 Å². The highest BCUT2D eigenvalue weighted by atomic mass is 32.1. The first kappa shape index (κ1) is 15.1. The van der Waals surface area contributed by atoms with Crippen LogP contribution in [0.25, 0.3) is 0 Å². The van der Waals surface area contributed by atoms with Crippen molar-refractivity contribution in [1.29, 1.82) is 0 Å². The molecule has 1 aromatic carbocycles. The maximum Gasteiger partial charge on any atom is 0.0970 e. The molecule has 0 aliphatic rings. The molecular formula is C16H23N3S. The molecule has 0 saturated carbocycles. The number of benzene rings is 1. The summed E-state index contributed by atoms with van der Waals surface area (Å²) >= 11 is 1.40. The largest absolute Gasteiger partial charge is 0.305 e. The predicted molar refractivity (Wildman–Crippen MR) is 85.2 cm³/mol. The molecule has 20 heavy (non-hydrogen) atoms. The molecular weight excluding hydrogens is 266 g/mol. The fourth-order valence-corrected chi connectivity index (χ4v) is 2.63. The van der Waals surface area contributed by atoms with Crippen molar-refractivity contribution in [2.75, 3.05) is 6.54 Å². The molecule has 1 heterocycles. The van der Waals surface area contributed by atoms with Crippen molar-refractivity contribution < 1.29 is 0 Å². The van der Waals surface area contributed by atoms with E-state index in [4.69, 9.17) is 0 Å². The van der Waals surface area contributed by atoms with Crippen molar-refractivity contribution >= 4 is 11.5 Å². The third-order valence-corrected chi connectivity index (χ3v) is 3.90. The summed E-state index contributed by atoms with van der Waals surface area (Å²) in [6.45, 7) is 9.85. The standard InChI is InChI=1S/C16H23N3S/c1-5-10-17-15(14-11-20-19-18-14)12-6-8-13(9-7-12)16(2,3)4/h6-9,11,15,17H,5,10H2,1-4H3. The lowest BCUT2D eigenvalue weighted by atomic mass is 9.86. The first-order valence-electron chi connectivity index (χ1n) is 7.13. The molecule has 0 spiro atoms. The lowest BCUT2D eigenvalue weighted by Crippen LogP contribution is -2.23. The minimum absolute atomic E-state index is 0.141. The van der Waals surface area contributed by atoms with Gasteiger partial charge in [-0.25, -0.2) is 0 Å². The molecule has 0 fully saturated rings. The van der Waals surface area contributed by atoms with Crippen molar-refractivity contribution in [2.45, 2.75) is 45.6 Å². The zero-order chi connectivity index (χ0) is 14.6. The molecule has 0 radical (unpaired) electrons. The van der Waals surface area contributed by atoms with Gasteiger partial charge in [-0.2, -0.15) is 0 Å². The molecule has 0 amide bonds. The second-order valence-electron chi connectivity index (χ2n) is 6.09. The number of rotatable bonds is 5. The van der Waals surface area contributed by atoms with Crippen LogP contribution in [0, 0.1) is 0 Å². The zero-order valence-electron chi connectivity index (χ0n) is 12.7. The maximum absolute atomic E-state index is 4.22. The number of aromatic nitrogens is 2. The van der Waals surface area contributed by atoms with Crippen molar-refractivity contribution in [3.63, 3.8) is 0 Å². The first-order chi connectivity index (χ1) is 9.52. The third-order valence-electron chi connectivity index (χ3n) is 3.38. The van der Waals surface area contributed by atoms with Gasteiger partial charge in [0.25, 0.3) is 0 Å². The van der Waals surface area contributed by atoms with Crippen molar-refractivity contribution in [1.82, 2.24) is 14.9 Å². The number of nitrogens with zero attached hydrogens (tertiary/aromatic N) is 2. The maximum atomic E-state index is 4.22. The van der Waals surface area contributed by atoms with Gasteiger partial charge in [-0.15, -0.1) is 5.10 Å². The van der Waals surface area contributed by atoms with E-state index in [0.29, 0.717) is 0 Å². The summed E-state index contributed by atoms with van der Waals surface area (Å²) in [4.78, 5) is 0. The van der Waals surface area contributed by atoms with E-state index in [1.807, 2.05) is 5.38 Å². The summed E-state index contributed by atoms with van der Waals surface area (Å²) in [5.41, 5.74) is 3.80. The Bertz CT molecular complexity index is 512. The first-order valence-corrected chi connectivity index (χ1v) is 7.97. The number of hydrogen-bond acceptors (Lipinski definition) is 4. The Balaban J connectivity index is 2.25. The van der Waals surface area contributed by atoms with Gasteiger partial charge in [-0.1, -0.05) is 56.4 Å². The van der Waals surface area contributed by atoms with E-state index in [1.165, 1.54) is 22.7 Å². The van der Waals surface area contributed by atoms with Crippen LogP contribution in [0.2, 0.25) is 0 Å². The van der Waals surface area contributed by atoms with Gasteiger partial charge in [0, 0.05) is 5.38 Å². The zero-order valence-corrected chi connectivity index (χ0v) is 13.5. The summed E-state index contributed by atoms with van der Waals surface area (Å²) in [7, 11) is 0. The van der Waals surface area contributed by atoms with E-state index < -0.39 is 0 Å². The van der Waals surface area contributed by atoms with E-state index in [1.54, 1.807) is 0 Å². The second-order valence-corrected chi connectivity index (χ2v) is 6.70.